The number of nitrogens with zero attached hydrogens (tertiary/aromatic N) is 2. The molecule has 0 spiro atoms. The fourth-order valence-electron chi connectivity index (χ4n) is 1.02. The molecule has 0 aliphatic rings. The molecule has 0 bridgehead atoms. The van der Waals surface area contributed by atoms with E-state index >= 15 is 0 Å². The Morgan fingerprint density at radius 2 is 2.19 bits per heavy atom. The van der Waals surface area contributed by atoms with E-state index in [2.05, 4.69) is 25.7 Å². The minimum atomic E-state index is -4.84. The van der Waals surface area contributed by atoms with Gasteiger partial charge < -0.3 is 10.5 Å². The third kappa shape index (κ3) is 3.08. The zero-order valence-corrected chi connectivity index (χ0v) is 9.26. The van der Waals surface area contributed by atoms with Crippen LogP contribution in [-0.2, 0) is 6.54 Å². The molecule has 86 valence electrons. The van der Waals surface area contributed by atoms with Crippen molar-refractivity contribution in [3.63, 3.8) is 0 Å². The average Bonchev–Trinajstić information content (AvgIpc) is 2.14. The van der Waals surface area contributed by atoms with Crippen molar-refractivity contribution in [2.24, 2.45) is 5.73 Å². The zero-order chi connectivity index (χ0) is 12.3. The van der Waals surface area contributed by atoms with Crippen LogP contribution in [0.3, 0.4) is 0 Å². The lowest BCUT2D eigenvalue weighted by Gasteiger charge is -2.13. The summed E-state index contributed by atoms with van der Waals surface area (Å²) in [6.07, 6.45) is -4.84. The van der Waals surface area contributed by atoms with Gasteiger partial charge in [-0.05, 0) is 15.9 Å². The van der Waals surface area contributed by atoms with E-state index in [4.69, 9.17) is 11.0 Å². The van der Waals surface area contributed by atoms with E-state index in [0.29, 0.717) is 0 Å². The summed E-state index contributed by atoms with van der Waals surface area (Å²) in [5, 5.41) is 8.67. The van der Waals surface area contributed by atoms with Crippen LogP contribution in [0.2, 0.25) is 0 Å². The van der Waals surface area contributed by atoms with Gasteiger partial charge in [0.2, 0.25) is 0 Å². The average molecular weight is 296 g/mol. The van der Waals surface area contributed by atoms with Crippen LogP contribution in [0, 0.1) is 11.3 Å². The van der Waals surface area contributed by atoms with Gasteiger partial charge in [0.1, 0.15) is 22.1 Å². The highest BCUT2D eigenvalue weighted by Crippen LogP contribution is 2.29. The number of ether oxygens (including phenoxy) is 1. The quantitative estimate of drug-likeness (QED) is 0.848. The number of halogens is 4. The smallest absolute Gasteiger partial charge is 0.405 e. The van der Waals surface area contributed by atoms with Crippen molar-refractivity contribution >= 4 is 15.9 Å². The van der Waals surface area contributed by atoms with Crippen LogP contribution >= 0.6 is 15.9 Å². The maximum Gasteiger partial charge on any atom is 0.573 e. The molecule has 0 aromatic carbocycles. The van der Waals surface area contributed by atoms with Crippen molar-refractivity contribution in [2.75, 3.05) is 0 Å². The second-order valence-corrected chi connectivity index (χ2v) is 3.45. The monoisotopic (exact) mass is 295 g/mol. The predicted octanol–water partition coefficient (Wildman–Crippen LogP) is 2.07. The van der Waals surface area contributed by atoms with E-state index in [9.17, 15) is 13.2 Å². The van der Waals surface area contributed by atoms with Gasteiger partial charge in [-0.3, -0.25) is 0 Å². The number of aromatic nitrogens is 1. The maximum atomic E-state index is 12.0. The second kappa shape index (κ2) is 4.67. The van der Waals surface area contributed by atoms with Crippen molar-refractivity contribution in [3.8, 4) is 11.8 Å². The second-order valence-electron chi connectivity index (χ2n) is 2.63. The molecule has 1 aromatic heterocycles. The molecular weight excluding hydrogens is 291 g/mol. The predicted molar refractivity (Wildman–Crippen MR) is 51.2 cm³/mol. The Bertz CT molecular complexity index is 441. The summed E-state index contributed by atoms with van der Waals surface area (Å²) >= 11 is 2.87. The summed E-state index contributed by atoms with van der Waals surface area (Å²) < 4.78 is 39.9. The Balaban J connectivity index is 3.27. The van der Waals surface area contributed by atoms with E-state index in [0.717, 1.165) is 6.07 Å². The minimum absolute atomic E-state index is 0.0699. The van der Waals surface area contributed by atoms with Crippen LogP contribution in [-0.4, -0.2) is 11.3 Å². The van der Waals surface area contributed by atoms with E-state index in [1.54, 1.807) is 6.07 Å². The minimum Gasteiger partial charge on any atom is -0.405 e. The van der Waals surface area contributed by atoms with Gasteiger partial charge in [0.25, 0.3) is 0 Å². The molecule has 0 amide bonds. The van der Waals surface area contributed by atoms with Crippen molar-refractivity contribution in [3.05, 3.63) is 21.9 Å². The van der Waals surface area contributed by atoms with Gasteiger partial charge in [-0.1, -0.05) is 0 Å². The summed E-state index contributed by atoms with van der Waals surface area (Å²) in [5.74, 6) is -0.520. The van der Waals surface area contributed by atoms with Gasteiger partial charge in [-0.25, -0.2) is 4.98 Å². The Kier molecular flexibility index (Phi) is 3.72. The summed E-state index contributed by atoms with van der Waals surface area (Å²) in [6.45, 7) is -0.269. The molecule has 1 rings (SSSR count). The molecule has 8 heteroatoms. The van der Waals surface area contributed by atoms with Crippen molar-refractivity contribution in [1.29, 1.82) is 5.26 Å². The molecule has 0 saturated heterocycles. The number of pyridine rings is 1. The highest BCUT2D eigenvalue weighted by atomic mass is 79.9. The first kappa shape index (κ1) is 12.7. The molecular formula is C8H5BrF3N3O. The van der Waals surface area contributed by atoms with Crippen LogP contribution in [0.4, 0.5) is 13.2 Å². The normalized spacial score (nSPS) is 11.0. The van der Waals surface area contributed by atoms with Crippen molar-refractivity contribution in [2.45, 2.75) is 12.9 Å². The molecule has 1 heterocycles. The highest BCUT2D eigenvalue weighted by Gasteiger charge is 2.32. The van der Waals surface area contributed by atoms with Gasteiger partial charge in [-0.15, -0.1) is 13.2 Å². The number of hydrogen-bond donors (Lipinski definition) is 1. The molecule has 2 N–H and O–H groups in total. The molecule has 16 heavy (non-hydrogen) atoms. The highest BCUT2D eigenvalue weighted by molar-refractivity contribution is 9.10. The summed E-state index contributed by atoms with van der Waals surface area (Å²) in [5.41, 5.74) is 4.96. The SMILES string of the molecule is N#Cc1nc(Br)cc(OC(F)(F)F)c1CN. The zero-order valence-electron chi connectivity index (χ0n) is 7.68. The Labute approximate surface area is 97.0 Å². The van der Waals surface area contributed by atoms with Gasteiger partial charge in [0.15, 0.2) is 0 Å². The molecule has 0 unspecified atom stereocenters. The van der Waals surface area contributed by atoms with E-state index < -0.39 is 12.1 Å². The number of nitriles is 1. The molecule has 1 aromatic rings. The lowest BCUT2D eigenvalue weighted by molar-refractivity contribution is -0.274. The molecule has 0 radical (unpaired) electrons. The van der Waals surface area contributed by atoms with E-state index in [1.807, 2.05) is 0 Å². The number of alkyl halides is 3. The molecule has 0 saturated carbocycles. The first-order valence-corrected chi connectivity index (χ1v) is 4.72. The fourth-order valence-corrected chi connectivity index (χ4v) is 1.41. The third-order valence-corrected chi connectivity index (χ3v) is 1.99. The largest absolute Gasteiger partial charge is 0.573 e. The molecule has 0 aliphatic heterocycles. The van der Waals surface area contributed by atoms with Crippen molar-refractivity contribution in [1.82, 2.24) is 4.98 Å². The summed E-state index contributed by atoms with van der Waals surface area (Å²) in [4.78, 5) is 3.68. The molecule has 4 nitrogen and oxygen atoms in total. The number of nitrogens with two attached hydrogens (primary N) is 1. The maximum absolute atomic E-state index is 12.0. The van der Waals surface area contributed by atoms with Crippen molar-refractivity contribution < 1.29 is 17.9 Å². The van der Waals surface area contributed by atoms with Crippen LogP contribution in [0.1, 0.15) is 11.3 Å². The standard InChI is InChI=1S/C8H5BrF3N3O/c9-7-1-6(16-8(10,11)12)4(2-13)5(3-14)15-7/h1H,2,13H2. The Morgan fingerprint density at radius 1 is 1.56 bits per heavy atom. The fraction of sp³-hybridized carbons (Fsp3) is 0.250. The lowest BCUT2D eigenvalue weighted by atomic mass is 10.2. The van der Waals surface area contributed by atoms with E-state index in [-0.39, 0.29) is 22.4 Å². The van der Waals surface area contributed by atoms with Gasteiger partial charge in [0, 0.05) is 18.2 Å². The van der Waals surface area contributed by atoms with Crippen LogP contribution in [0.25, 0.3) is 0 Å². The topological polar surface area (TPSA) is 71.9 Å². The van der Waals surface area contributed by atoms with Crippen LogP contribution in [0.5, 0.6) is 5.75 Å². The first-order chi connectivity index (χ1) is 7.37. The third-order valence-electron chi connectivity index (χ3n) is 1.59. The van der Waals surface area contributed by atoms with Crippen LogP contribution in [0.15, 0.2) is 10.7 Å². The Morgan fingerprint density at radius 3 is 2.62 bits per heavy atom. The summed E-state index contributed by atoms with van der Waals surface area (Å²) in [6, 6.07) is 2.66. The van der Waals surface area contributed by atoms with Gasteiger partial charge in [-0.2, -0.15) is 5.26 Å². The van der Waals surface area contributed by atoms with Gasteiger partial charge in [0.05, 0.1) is 0 Å². The van der Waals surface area contributed by atoms with Crippen LogP contribution < -0.4 is 10.5 Å². The number of rotatable bonds is 2. The summed E-state index contributed by atoms with van der Waals surface area (Å²) in [7, 11) is 0. The first-order valence-electron chi connectivity index (χ1n) is 3.92. The lowest BCUT2D eigenvalue weighted by Crippen LogP contribution is -2.19. The molecule has 0 aliphatic carbocycles. The number of hydrogen-bond acceptors (Lipinski definition) is 4. The van der Waals surface area contributed by atoms with E-state index in [1.165, 1.54) is 0 Å². The Hall–Kier alpha value is -1.33. The van der Waals surface area contributed by atoms with Gasteiger partial charge >= 0.3 is 6.36 Å². The molecule has 0 fully saturated rings. The molecule has 0 atom stereocenters.